The molecule has 1 aliphatic rings. The van der Waals surface area contributed by atoms with Gasteiger partial charge in [0.05, 0.1) is 24.0 Å². The fourth-order valence-electron chi connectivity index (χ4n) is 2.21. The first-order valence-electron chi connectivity index (χ1n) is 7.09. The molecule has 0 radical (unpaired) electrons. The molecule has 0 aromatic carbocycles. The van der Waals surface area contributed by atoms with Crippen LogP contribution >= 0.6 is 0 Å². The number of aliphatic hydroxyl groups excluding tert-OH is 2. The number of hydrogen-bond donors (Lipinski definition) is 2. The zero-order valence-electron chi connectivity index (χ0n) is 12.1. The van der Waals surface area contributed by atoms with Crippen molar-refractivity contribution in [1.29, 1.82) is 0 Å². The molecule has 20 heavy (non-hydrogen) atoms. The van der Waals surface area contributed by atoms with Crippen molar-refractivity contribution in [2.45, 2.75) is 51.7 Å². The predicted molar refractivity (Wildman–Crippen MR) is 70.7 cm³/mol. The van der Waals surface area contributed by atoms with Gasteiger partial charge in [-0.25, -0.2) is 0 Å². The molecule has 2 unspecified atom stereocenters. The minimum absolute atomic E-state index is 0.00912. The molecule has 0 saturated heterocycles. The van der Waals surface area contributed by atoms with Crippen LogP contribution in [0.15, 0.2) is 0 Å². The molecular weight excluding hydrogens is 264 g/mol. The van der Waals surface area contributed by atoms with Gasteiger partial charge in [0.15, 0.2) is 0 Å². The molecule has 2 atom stereocenters. The minimum Gasteiger partial charge on any atom is -0.463 e. The van der Waals surface area contributed by atoms with Crippen LogP contribution in [0, 0.1) is 11.8 Å². The summed E-state index contributed by atoms with van der Waals surface area (Å²) in [5.41, 5.74) is 0. The second-order valence-electron chi connectivity index (χ2n) is 5.51. The summed E-state index contributed by atoms with van der Waals surface area (Å²) in [4.78, 5) is 23.4. The highest BCUT2D eigenvalue weighted by atomic mass is 16.5. The lowest BCUT2D eigenvalue weighted by atomic mass is 9.82. The summed E-state index contributed by atoms with van der Waals surface area (Å²) in [6, 6.07) is 0. The summed E-state index contributed by atoms with van der Waals surface area (Å²) in [5, 5.41) is 18.1. The van der Waals surface area contributed by atoms with Crippen molar-refractivity contribution < 1.29 is 29.3 Å². The van der Waals surface area contributed by atoms with Gasteiger partial charge in [0, 0.05) is 0 Å². The van der Waals surface area contributed by atoms with Gasteiger partial charge in [0.1, 0.15) is 13.2 Å². The highest BCUT2D eigenvalue weighted by Crippen LogP contribution is 2.30. The Labute approximate surface area is 119 Å². The Morgan fingerprint density at radius 2 is 1.20 bits per heavy atom. The summed E-state index contributed by atoms with van der Waals surface area (Å²) < 4.78 is 9.96. The Balaban J connectivity index is 2.28. The van der Waals surface area contributed by atoms with Crippen molar-refractivity contribution in [3.63, 3.8) is 0 Å². The number of ether oxygens (including phenoxy) is 2. The Morgan fingerprint density at radius 3 is 1.45 bits per heavy atom. The molecule has 0 aromatic heterocycles. The van der Waals surface area contributed by atoms with Gasteiger partial charge in [-0.05, 0) is 39.5 Å². The SMILES string of the molecule is CC(O)COC(=O)C1CCC(C(=O)OCC(C)O)CC1. The van der Waals surface area contributed by atoms with Gasteiger partial charge < -0.3 is 19.7 Å². The Bertz CT molecular complexity index is 286. The summed E-state index contributed by atoms with van der Waals surface area (Å²) >= 11 is 0. The van der Waals surface area contributed by atoms with Crippen molar-refractivity contribution >= 4 is 11.9 Å². The van der Waals surface area contributed by atoms with Crippen molar-refractivity contribution in [3.8, 4) is 0 Å². The topological polar surface area (TPSA) is 93.1 Å². The molecule has 1 saturated carbocycles. The van der Waals surface area contributed by atoms with Crippen LogP contribution in [-0.4, -0.2) is 47.6 Å². The second kappa shape index (κ2) is 8.21. The van der Waals surface area contributed by atoms with Crippen LogP contribution in [0.25, 0.3) is 0 Å². The van der Waals surface area contributed by atoms with E-state index in [9.17, 15) is 9.59 Å². The maximum atomic E-state index is 11.7. The minimum atomic E-state index is -0.661. The average Bonchev–Trinajstić information content (AvgIpc) is 2.42. The predicted octanol–water partition coefficient (Wildman–Crippen LogP) is 0.641. The largest absolute Gasteiger partial charge is 0.463 e. The molecule has 1 aliphatic carbocycles. The molecule has 0 heterocycles. The van der Waals surface area contributed by atoms with Gasteiger partial charge in [-0.1, -0.05) is 0 Å². The third-order valence-electron chi connectivity index (χ3n) is 3.33. The maximum Gasteiger partial charge on any atom is 0.309 e. The van der Waals surface area contributed by atoms with E-state index >= 15 is 0 Å². The van der Waals surface area contributed by atoms with E-state index in [0.717, 1.165) is 0 Å². The van der Waals surface area contributed by atoms with Crippen LogP contribution in [0.4, 0.5) is 0 Å². The molecule has 116 valence electrons. The lowest BCUT2D eigenvalue weighted by molar-refractivity contribution is -0.157. The molecule has 6 nitrogen and oxygen atoms in total. The van der Waals surface area contributed by atoms with E-state index in [4.69, 9.17) is 19.7 Å². The number of aliphatic hydroxyl groups is 2. The van der Waals surface area contributed by atoms with Gasteiger partial charge in [-0.3, -0.25) is 9.59 Å². The first kappa shape index (κ1) is 16.9. The fourth-order valence-corrected chi connectivity index (χ4v) is 2.21. The molecule has 0 amide bonds. The van der Waals surface area contributed by atoms with Crippen LogP contribution in [0.5, 0.6) is 0 Å². The third-order valence-corrected chi connectivity index (χ3v) is 3.33. The molecule has 1 fully saturated rings. The van der Waals surface area contributed by atoms with Gasteiger partial charge >= 0.3 is 11.9 Å². The van der Waals surface area contributed by atoms with Crippen molar-refractivity contribution in [1.82, 2.24) is 0 Å². The number of hydrogen-bond acceptors (Lipinski definition) is 6. The highest BCUT2D eigenvalue weighted by molar-refractivity contribution is 5.75. The number of rotatable bonds is 6. The molecule has 6 heteroatoms. The lowest BCUT2D eigenvalue weighted by Crippen LogP contribution is -2.30. The van der Waals surface area contributed by atoms with E-state index in [0.29, 0.717) is 25.7 Å². The molecule has 0 aliphatic heterocycles. The van der Waals surface area contributed by atoms with Crippen LogP contribution in [0.1, 0.15) is 39.5 Å². The Morgan fingerprint density at radius 1 is 0.900 bits per heavy atom. The van der Waals surface area contributed by atoms with Gasteiger partial charge in [0.2, 0.25) is 0 Å². The van der Waals surface area contributed by atoms with Crippen LogP contribution in [-0.2, 0) is 19.1 Å². The van der Waals surface area contributed by atoms with E-state index in [1.807, 2.05) is 0 Å². The number of carbonyl (C=O) groups is 2. The summed E-state index contributed by atoms with van der Waals surface area (Å²) in [6.45, 7) is 3.13. The smallest absolute Gasteiger partial charge is 0.309 e. The summed E-state index contributed by atoms with van der Waals surface area (Å²) in [5.74, 6) is -1.01. The van der Waals surface area contributed by atoms with E-state index in [2.05, 4.69) is 0 Å². The zero-order valence-corrected chi connectivity index (χ0v) is 12.1. The first-order chi connectivity index (χ1) is 9.40. The number of esters is 2. The first-order valence-corrected chi connectivity index (χ1v) is 7.09. The quantitative estimate of drug-likeness (QED) is 0.697. The van der Waals surface area contributed by atoms with E-state index in [1.165, 1.54) is 0 Å². The van der Waals surface area contributed by atoms with Crippen LogP contribution in [0.2, 0.25) is 0 Å². The monoisotopic (exact) mass is 288 g/mol. The van der Waals surface area contributed by atoms with Crippen molar-refractivity contribution in [2.24, 2.45) is 11.8 Å². The highest BCUT2D eigenvalue weighted by Gasteiger charge is 2.31. The van der Waals surface area contributed by atoms with E-state index in [1.54, 1.807) is 13.8 Å². The molecule has 0 spiro atoms. The summed E-state index contributed by atoms with van der Waals surface area (Å²) in [6.07, 6.45) is 1.04. The molecular formula is C14H24O6. The van der Waals surface area contributed by atoms with Gasteiger partial charge in [-0.15, -0.1) is 0 Å². The van der Waals surface area contributed by atoms with E-state index < -0.39 is 12.2 Å². The molecule has 2 N–H and O–H groups in total. The number of carbonyl (C=O) groups excluding carboxylic acids is 2. The normalized spacial score (nSPS) is 25.6. The van der Waals surface area contributed by atoms with E-state index in [-0.39, 0.29) is 37.0 Å². The van der Waals surface area contributed by atoms with Crippen LogP contribution < -0.4 is 0 Å². The Hall–Kier alpha value is -1.14. The third kappa shape index (κ3) is 5.88. The summed E-state index contributed by atoms with van der Waals surface area (Å²) in [7, 11) is 0. The maximum absolute atomic E-state index is 11.7. The molecule has 1 rings (SSSR count). The van der Waals surface area contributed by atoms with Gasteiger partial charge in [0.25, 0.3) is 0 Å². The fraction of sp³-hybridized carbons (Fsp3) is 0.857. The Kier molecular flexibility index (Phi) is 6.95. The standard InChI is InChI=1S/C14H24O6/c1-9(15)7-19-13(17)11-3-5-12(6-4-11)14(18)20-8-10(2)16/h9-12,15-16H,3-8H2,1-2H3. The van der Waals surface area contributed by atoms with Crippen LogP contribution in [0.3, 0.4) is 0 Å². The molecule has 0 bridgehead atoms. The second-order valence-corrected chi connectivity index (χ2v) is 5.51. The van der Waals surface area contributed by atoms with Crippen molar-refractivity contribution in [2.75, 3.05) is 13.2 Å². The average molecular weight is 288 g/mol. The lowest BCUT2D eigenvalue weighted by Gasteiger charge is -2.26. The molecule has 0 aromatic rings. The van der Waals surface area contributed by atoms with Crippen molar-refractivity contribution in [3.05, 3.63) is 0 Å². The van der Waals surface area contributed by atoms with Gasteiger partial charge in [-0.2, -0.15) is 0 Å². The zero-order chi connectivity index (χ0) is 15.1.